The summed E-state index contributed by atoms with van der Waals surface area (Å²) in [6, 6.07) is 18.9. The number of aliphatic hydroxyl groups is 1. The van der Waals surface area contributed by atoms with Crippen LogP contribution in [0.3, 0.4) is 0 Å². The van der Waals surface area contributed by atoms with Crippen LogP contribution in [0.15, 0.2) is 60.7 Å². The van der Waals surface area contributed by atoms with E-state index in [1.807, 2.05) is 67.6 Å². The summed E-state index contributed by atoms with van der Waals surface area (Å²) in [4.78, 5) is 0. The second-order valence-electron chi connectivity index (χ2n) is 4.66. The third kappa shape index (κ3) is 3.15. The highest BCUT2D eigenvalue weighted by molar-refractivity contribution is 7.78. The third-order valence-corrected chi connectivity index (χ3v) is 6.49. The number of hydrogen-bond donors (Lipinski definition) is 1. The van der Waals surface area contributed by atoms with Crippen LogP contribution in [0.2, 0.25) is 0 Å². The third-order valence-electron chi connectivity index (χ3n) is 3.29. The van der Waals surface area contributed by atoms with E-state index in [9.17, 15) is 9.67 Å². The second kappa shape index (κ2) is 6.18. The summed E-state index contributed by atoms with van der Waals surface area (Å²) in [6.07, 6.45) is 0.382. The molecule has 1 N–H and O–H groups in total. The Kier molecular flexibility index (Phi) is 4.57. The Labute approximate surface area is 114 Å². The van der Waals surface area contributed by atoms with Crippen LogP contribution < -0.4 is 10.6 Å². The number of hydrogen-bond acceptors (Lipinski definition) is 2. The Hall–Kier alpha value is -1.37. The molecule has 19 heavy (non-hydrogen) atoms. The smallest absolute Gasteiger partial charge is 0.145 e. The molecule has 0 heterocycles. The fourth-order valence-electron chi connectivity index (χ4n) is 2.12. The van der Waals surface area contributed by atoms with Crippen molar-refractivity contribution in [1.82, 2.24) is 0 Å². The van der Waals surface area contributed by atoms with Gasteiger partial charge in [-0.05, 0) is 6.42 Å². The molecule has 1 unspecified atom stereocenters. The van der Waals surface area contributed by atoms with E-state index in [2.05, 4.69) is 0 Å². The molecule has 2 rings (SSSR count). The van der Waals surface area contributed by atoms with E-state index in [-0.39, 0.29) is 0 Å². The molecule has 0 radical (unpaired) electrons. The van der Waals surface area contributed by atoms with Gasteiger partial charge in [0.15, 0.2) is 0 Å². The minimum absolute atomic E-state index is 0.303. The van der Waals surface area contributed by atoms with Crippen molar-refractivity contribution < 1.29 is 9.67 Å². The van der Waals surface area contributed by atoms with Crippen LogP contribution in [0, 0.1) is 0 Å². The summed E-state index contributed by atoms with van der Waals surface area (Å²) >= 11 is 0. The first-order chi connectivity index (χ1) is 9.16. The number of benzene rings is 2. The lowest BCUT2D eigenvalue weighted by atomic mass is 10.3. The fourth-order valence-corrected chi connectivity index (χ4v) is 5.00. The van der Waals surface area contributed by atoms with Crippen LogP contribution in [-0.2, 0) is 4.57 Å². The molecule has 0 bridgehead atoms. The quantitative estimate of drug-likeness (QED) is 0.851. The van der Waals surface area contributed by atoms with Crippen molar-refractivity contribution in [3.63, 3.8) is 0 Å². The summed E-state index contributed by atoms with van der Waals surface area (Å²) in [5, 5.41) is 11.6. The molecule has 0 aliphatic rings. The molecule has 100 valence electrons. The van der Waals surface area contributed by atoms with Crippen molar-refractivity contribution in [2.45, 2.75) is 19.4 Å². The molecule has 3 heteroatoms. The van der Waals surface area contributed by atoms with Gasteiger partial charge in [-0.25, -0.2) is 0 Å². The van der Waals surface area contributed by atoms with E-state index in [0.717, 1.165) is 10.6 Å². The summed E-state index contributed by atoms with van der Waals surface area (Å²) in [5.74, 6) is 0. The van der Waals surface area contributed by atoms with Crippen LogP contribution >= 0.6 is 7.14 Å². The van der Waals surface area contributed by atoms with E-state index >= 15 is 0 Å². The van der Waals surface area contributed by atoms with Gasteiger partial charge in [0.2, 0.25) is 0 Å². The molecule has 0 amide bonds. The van der Waals surface area contributed by atoms with Gasteiger partial charge in [-0.15, -0.1) is 0 Å². The maximum absolute atomic E-state index is 13.4. The average Bonchev–Trinajstić information content (AvgIpc) is 2.48. The second-order valence-corrected chi connectivity index (χ2v) is 7.53. The minimum atomic E-state index is -2.75. The van der Waals surface area contributed by atoms with E-state index in [4.69, 9.17) is 0 Å². The monoisotopic (exact) mass is 274 g/mol. The fraction of sp³-hybridized carbons (Fsp3) is 0.250. The van der Waals surface area contributed by atoms with Crippen LogP contribution in [0.25, 0.3) is 0 Å². The van der Waals surface area contributed by atoms with Gasteiger partial charge in [0.1, 0.15) is 7.14 Å². The molecule has 2 nitrogen and oxygen atoms in total. The van der Waals surface area contributed by atoms with E-state index in [0.29, 0.717) is 12.6 Å². The van der Waals surface area contributed by atoms with Crippen molar-refractivity contribution in [3.8, 4) is 0 Å². The maximum atomic E-state index is 13.4. The van der Waals surface area contributed by atoms with Crippen molar-refractivity contribution in [1.29, 1.82) is 0 Å². The first-order valence-corrected chi connectivity index (χ1v) is 8.44. The first-order valence-electron chi connectivity index (χ1n) is 6.55. The zero-order valence-corrected chi connectivity index (χ0v) is 12.0. The SMILES string of the molecule is CCC(O)CP(=O)(c1ccccc1)c1ccccc1. The van der Waals surface area contributed by atoms with Crippen LogP contribution in [-0.4, -0.2) is 17.4 Å². The van der Waals surface area contributed by atoms with Crippen LogP contribution in [0.5, 0.6) is 0 Å². The van der Waals surface area contributed by atoms with Gasteiger partial charge in [0.25, 0.3) is 0 Å². The topological polar surface area (TPSA) is 37.3 Å². The van der Waals surface area contributed by atoms with E-state index in [1.165, 1.54) is 0 Å². The molecule has 2 aromatic rings. The zero-order valence-electron chi connectivity index (χ0n) is 11.1. The highest BCUT2D eigenvalue weighted by atomic mass is 31.2. The Morgan fingerprint density at radius 2 is 1.37 bits per heavy atom. The van der Waals surface area contributed by atoms with Gasteiger partial charge in [-0.3, -0.25) is 0 Å². The highest BCUT2D eigenvalue weighted by Crippen LogP contribution is 2.44. The molecule has 0 aromatic heterocycles. The molecule has 0 aliphatic heterocycles. The molecule has 0 saturated carbocycles. The number of rotatable bonds is 5. The average molecular weight is 274 g/mol. The minimum Gasteiger partial charge on any atom is -0.393 e. The standard InChI is InChI=1S/C16H19O2P/c1-2-14(17)13-19(18,15-9-5-3-6-10-15)16-11-7-4-8-12-16/h3-12,14,17H,2,13H2,1H3. The molecule has 0 fully saturated rings. The lowest BCUT2D eigenvalue weighted by Gasteiger charge is -2.21. The predicted molar refractivity (Wildman–Crippen MR) is 80.9 cm³/mol. The van der Waals surface area contributed by atoms with Gasteiger partial charge < -0.3 is 9.67 Å². The van der Waals surface area contributed by atoms with Gasteiger partial charge in [0, 0.05) is 16.8 Å². The van der Waals surface area contributed by atoms with Gasteiger partial charge in [0.05, 0.1) is 6.10 Å². The van der Waals surface area contributed by atoms with Gasteiger partial charge >= 0.3 is 0 Å². The molecule has 0 aliphatic carbocycles. The van der Waals surface area contributed by atoms with Gasteiger partial charge in [-0.1, -0.05) is 67.6 Å². The highest BCUT2D eigenvalue weighted by Gasteiger charge is 2.29. The van der Waals surface area contributed by atoms with E-state index in [1.54, 1.807) is 0 Å². The van der Waals surface area contributed by atoms with Crippen molar-refractivity contribution >= 4 is 17.8 Å². The molecule has 0 saturated heterocycles. The first kappa shape index (κ1) is 14.0. The molecular formula is C16H19O2P. The summed E-state index contributed by atoms with van der Waals surface area (Å²) in [5.41, 5.74) is 0. The lowest BCUT2D eigenvalue weighted by molar-refractivity contribution is 0.193. The van der Waals surface area contributed by atoms with Gasteiger partial charge in [-0.2, -0.15) is 0 Å². The van der Waals surface area contributed by atoms with Crippen molar-refractivity contribution in [3.05, 3.63) is 60.7 Å². The summed E-state index contributed by atoms with van der Waals surface area (Å²) in [7, 11) is -2.75. The van der Waals surface area contributed by atoms with Crippen LogP contribution in [0.4, 0.5) is 0 Å². The largest absolute Gasteiger partial charge is 0.393 e. The van der Waals surface area contributed by atoms with E-state index < -0.39 is 13.2 Å². The number of aliphatic hydroxyl groups excluding tert-OH is 1. The lowest BCUT2D eigenvalue weighted by Crippen LogP contribution is -2.24. The predicted octanol–water partition coefficient (Wildman–Crippen LogP) is 2.77. The molecular weight excluding hydrogens is 255 g/mol. The van der Waals surface area contributed by atoms with Crippen molar-refractivity contribution in [2.24, 2.45) is 0 Å². The molecule has 0 spiro atoms. The Morgan fingerprint density at radius 3 is 1.74 bits per heavy atom. The summed E-state index contributed by atoms with van der Waals surface area (Å²) in [6.45, 7) is 1.91. The van der Waals surface area contributed by atoms with Crippen LogP contribution in [0.1, 0.15) is 13.3 Å². The Balaban J connectivity index is 2.48. The maximum Gasteiger partial charge on any atom is 0.145 e. The molecule has 1 atom stereocenters. The zero-order chi connectivity index (χ0) is 13.7. The molecule has 2 aromatic carbocycles. The summed E-state index contributed by atoms with van der Waals surface area (Å²) < 4.78 is 13.4. The van der Waals surface area contributed by atoms with Crippen molar-refractivity contribution in [2.75, 3.05) is 6.16 Å². The Morgan fingerprint density at radius 1 is 0.947 bits per heavy atom. The Bertz CT molecular complexity index is 508. The normalized spacial score (nSPS) is 13.2.